The zero-order chi connectivity index (χ0) is 14.4. The fourth-order valence-electron chi connectivity index (χ4n) is 2.03. The molecule has 0 spiro atoms. The Hall–Kier alpha value is -1.43. The number of nitrogens with zero attached hydrogens (tertiary/aromatic N) is 2. The fraction of sp³-hybridized carbons (Fsp3) is 0.0769. The van der Waals surface area contributed by atoms with E-state index in [1.54, 1.807) is 4.57 Å². The molecular weight excluding hydrogens is 320 g/mol. The first-order valence-corrected chi connectivity index (χ1v) is 6.87. The molecule has 0 aliphatic rings. The van der Waals surface area contributed by atoms with E-state index in [4.69, 9.17) is 35.4 Å². The molecule has 0 atom stereocenters. The van der Waals surface area contributed by atoms with Gasteiger partial charge in [0.25, 0.3) is 0 Å². The molecule has 3 rings (SSSR count). The maximum absolute atomic E-state index is 13.3. The minimum absolute atomic E-state index is 0.176. The van der Waals surface area contributed by atoms with Gasteiger partial charge in [-0.15, -0.1) is 0 Å². The van der Waals surface area contributed by atoms with E-state index in [9.17, 15) is 4.39 Å². The molecule has 2 heterocycles. The highest BCUT2D eigenvalue weighted by Gasteiger charge is 2.15. The van der Waals surface area contributed by atoms with E-state index in [0.717, 1.165) is 11.2 Å². The zero-order valence-corrected chi connectivity index (χ0v) is 12.6. The van der Waals surface area contributed by atoms with Crippen molar-refractivity contribution in [3.05, 3.63) is 50.6 Å². The van der Waals surface area contributed by atoms with E-state index >= 15 is 0 Å². The monoisotopic (exact) mass is 327 g/mol. The van der Waals surface area contributed by atoms with Gasteiger partial charge in [0.05, 0.1) is 21.2 Å². The van der Waals surface area contributed by atoms with E-state index in [1.165, 1.54) is 12.1 Å². The van der Waals surface area contributed by atoms with Gasteiger partial charge in [-0.2, -0.15) is 0 Å². The molecule has 102 valence electrons. The highest BCUT2D eigenvalue weighted by molar-refractivity contribution is 7.71. The van der Waals surface area contributed by atoms with Gasteiger partial charge in [-0.25, -0.2) is 9.37 Å². The SMILES string of the molecule is Cc1ccc2[nH]c(=S)n(-c3c(Cl)cc(F)cc3Cl)c2n1. The molecule has 2 aromatic heterocycles. The van der Waals surface area contributed by atoms with Gasteiger partial charge < -0.3 is 4.98 Å². The number of imidazole rings is 1. The molecule has 3 aromatic rings. The van der Waals surface area contributed by atoms with Crippen molar-refractivity contribution in [3.8, 4) is 5.69 Å². The Bertz CT molecular complexity index is 862. The lowest BCUT2D eigenvalue weighted by Gasteiger charge is -2.09. The van der Waals surface area contributed by atoms with Crippen LogP contribution in [0.4, 0.5) is 4.39 Å². The van der Waals surface area contributed by atoms with E-state index in [0.29, 0.717) is 16.1 Å². The van der Waals surface area contributed by atoms with Crippen LogP contribution in [-0.2, 0) is 0 Å². The van der Waals surface area contributed by atoms with Crippen LogP contribution in [0.25, 0.3) is 16.9 Å². The third-order valence-electron chi connectivity index (χ3n) is 2.88. The van der Waals surface area contributed by atoms with Gasteiger partial charge in [-0.1, -0.05) is 23.2 Å². The average Bonchev–Trinajstić information content (AvgIpc) is 2.65. The Kier molecular flexibility index (Phi) is 3.28. The summed E-state index contributed by atoms with van der Waals surface area (Å²) < 4.78 is 15.3. The fourth-order valence-corrected chi connectivity index (χ4v) is 2.95. The molecule has 0 unspecified atom stereocenters. The molecule has 20 heavy (non-hydrogen) atoms. The molecule has 0 saturated heterocycles. The van der Waals surface area contributed by atoms with Gasteiger partial charge in [0.15, 0.2) is 10.4 Å². The number of pyridine rings is 1. The molecule has 0 fully saturated rings. The standard InChI is InChI=1S/C13H8Cl2FN3S/c1-6-2-3-10-12(17-6)19(13(20)18-10)11-8(14)4-7(16)5-9(11)15/h2-5H,1H3,(H,18,20). The zero-order valence-electron chi connectivity index (χ0n) is 10.2. The van der Waals surface area contributed by atoms with E-state index in [2.05, 4.69) is 9.97 Å². The summed E-state index contributed by atoms with van der Waals surface area (Å²) in [5.41, 5.74) is 2.61. The Morgan fingerprint density at radius 1 is 1.25 bits per heavy atom. The lowest BCUT2D eigenvalue weighted by molar-refractivity contribution is 0.627. The predicted octanol–water partition coefficient (Wildman–Crippen LogP) is 4.84. The van der Waals surface area contributed by atoms with Gasteiger partial charge in [-0.05, 0) is 43.4 Å². The van der Waals surface area contributed by atoms with Crippen LogP contribution < -0.4 is 0 Å². The number of nitrogens with one attached hydrogen (secondary N) is 1. The normalized spacial score (nSPS) is 11.2. The average molecular weight is 328 g/mol. The Balaban J connectivity index is 2.44. The molecule has 1 aromatic carbocycles. The second-order valence-electron chi connectivity index (χ2n) is 4.31. The first-order chi connectivity index (χ1) is 9.47. The van der Waals surface area contributed by atoms with Crippen molar-refractivity contribution in [2.75, 3.05) is 0 Å². The Labute approximate surface area is 129 Å². The van der Waals surface area contributed by atoms with Gasteiger partial charge in [-0.3, -0.25) is 4.57 Å². The molecule has 0 saturated carbocycles. The van der Waals surface area contributed by atoms with Gasteiger partial charge in [0, 0.05) is 5.69 Å². The van der Waals surface area contributed by atoms with Crippen molar-refractivity contribution in [1.82, 2.24) is 14.5 Å². The second kappa shape index (κ2) is 4.84. The molecular formula is C13H8Cl2FN3S. The third kappa shape index (κ3) is 2.12. The smallest absolute Gasteiger partial charge is 0.184 e. The number of aromatic amines is 1. The number of benzene rings is 1. The quantitative estimate of drug-likeness (QED) is 0.649. The molecule has 0 aliphatic heterocycles. The summed E-state index contributed by atoms with van der Waals surface area (Å²) in [5.74, 6) is -0.501. The molecule has 0 amide bonds. The first kappa shape index (κ1) is 13.5. The maximum Gasteiger partial charge on any atom is 0.184 e. The Morgan fingerprint density at radius 3 is 2.55 bits per heavy atom. The summed E-state index contributed by atoms with van der Waals surface area (Å²) in [7, 11) is 0. The molecule has 1 N–H and O–H groups in total. The molecule has 0 bridgehead atoms. The number of fused-ring (bicyclic) bond motifs is 1. The number of rotatable bonds is 1. The van der Waals surface area contributed by atoms with Crippen LogP contribution in [0.5, 0.6) is 0 Å². The van der Waals surface area contributed by atoms with E-state index < -0.39 is 5.82 Å². The lowest BCUT2D eigenvalue weighted by atomic mass is 10.3. The van der Waals surface area contributed by atoms with Crippen molar-refractivity contribution in [1.29, 1.82) is 0 Å². The van der Waals surface area contributed by atoms with Gasteiger partial charge in [0.2, 0.25) is 0 Å². The van der Waals surface area contributed by atoms with Crippen LogP contribution in [-0.4, -0.2) is 14.5 Å². The van der Waals surface area contributed by atoms with Gasteiger partial charge >= 0.3 is 0 Å². The Morgan fingerprint density at radius 2 is 1.90 bits per heavy atom. The van der Waals surface area contributed by atoms with Crippen molar-refractivity contribution >= 4 is 46.6 Å². The number of hydrogen-bond donors (Lipinski definition) is 1. The highest BCUT2D eigenvalue weighted by atomic mass is 35.5. The number of aromatic nitrogens is 3. The second-order valence-corrected chi connectivity index (χ2v) is 5.51. The summed E-state index contributed by atoms with van der Waals surface area (Å²) in [6, 6.07) is 6.12. The highest BCUT2D eigenvalue weighted by Crippen LogP contribution is 2.32. The summed E-state index contributed by atoms with van der Waals surface area (Å²) in [6.07, 6.45) is 0. The summed E-state index contributed by atoms with van der Waals surface area (Å²) in [5, 5.41) is 0.352. The summed E-state index contributed by atoms with van der Waals surface area (Å²) >= 11 is 17.5. The molecule has 3 nitrogen and oxygen atoms in total. The molecule has 0 aliphatic carbocycles. The number of aryl methyl sites for hydroxylation is 1. The van der Waals surface area contributed by atoms with Crippen LogP contribution in [0.1, 0.15) is 5.69 Å². The van der Waals surface area contributed by atoms with Crippen LogP contribution >= 0.6 is 35.4 Å². The largest absolute Gasteiger partial charge is 0.329 e. The van der Waals surface area contributed by atoms with Crippen molar-refractivity contribution < 1.29 is 4.39 Å². The van der Waals surface area contributed by atoms with Crippen LogP contribution in [0.2, 0.25) is 10.0 Å². The van der Waals surface area contributed by atoms with Crippen molar-refractivity contribution in [3.63, 3.8) is 0 Å². The number of H-pyrrole nitrogens is 1. The molecule has 7 heteroatoms. The topological polar surface area (TPSA) is 33.6 Å². The predicted molar refractivity (Wildman–Crippen MR) is 81.0 cm³/mol. The van der Waals surface area contributed by atoms with E-state index in [1.807, 2.05) is 19.1 Å². The molecule has 0 radical (unpaired) electrons. The number of hydrogen-bond acceptors (Lipinski definition) is 2. The number of halogens is 3. The maximum atomic E-state index is 13.3. The first-order valence-electron chi connectivity index (χ1n) is 5.70. The minimum Gasteiger partial charge on any atom is -0.329 e. The van der Waals surface area contributed by atoms with Crippen molar-refractivity contribution in [2.24, 2.45) is 0 Å². The van der Waals surface area contributed by atoms with Gasteiger partial charge in [0.1, 0.15) is 5.82 Å². The summed E-state index contributed by atoms with van der Waals surface area (Å²) in [6.45, 7) is 1.87. The summed E-state index contributed by atoms with van der Waals surface area (Å²) in [4.78, 5) is 7.46. The lowest BCUT2D eigenvalue weighted by Crippen LogP contribution is -1.99. The minimum atomic E-state index is -0.501. The third-order valence-corrected chi connectivity index (χ3v) is 3.74. The van der Waals surface area contributed by atoms with E-state index in [-0.39, 0.29) is 10.0 Å². The van der Waals surface area contributed by atoms with Crippen LogP contribution in [0.3, 0.4) is 0 Å². The van der Waals surface area contributed by atoms with Crippen LogP contribution in [0.15, 0.2) is 24.3 Å². The van der Waals surface area contributed by atoms with Crippen molar-refractivity contribution in [2.45, 2.75) is 6.92 Å². The van der Waals surface area contributed by atoms with Crippen LogP contribution in [0, 0.1) is 17.5 Å².